The van der Waals surface area contributed by atoms with Crippen molar-refractivity contribution in [3.05, 3.63) is 28.8 Å². The largest absolute Gasteiger partial charge is 0.496 e. The van der Waals surface area contributed by atoms with E-state index in [1.165, 1.54) is 0 Å². The summed E-state index contributed by atoms with van der Waals surface area (Å²) >= 11 is 0. The zero-order valence-electron chi connectivity index (χ0n) is 7.65. The number of halogens is 1. The van der Waals surface area contributed by atoms with Gasteiger partial charge < -0.3 is 4.74 Å². The first-order valence-electron chi connectivity index (χ1n) is 3.89. The van der Waals surface area contributed by atoms with Gasteiger partial charge in [-0.2, -0.15) is 0 Å². The van der Waals surface area contributed by atoms with Crippen LogP contribution in [-0.4, -0.2) is 7.11 Å². The first kappa shape index (κ1) is 9.04. The van der Waals surface area contributed by atoms with Crippen molar-refractivity contribution in [2.75, 3.05) is 7.11 Å². The number of ether oxygens (including phenoxy) is 1. The molecule has 2 heteroatoms. The lowest BCUT2D eigenvalue weighted by Gasteiger charge is -2.08. The summed E-state index contributed by atoms with van der Waals surface area (Å²) in [6.45, 7) is 3.49. The zero-order chi connectivity index (χ0) is 9.14. The van der Waals surface area contributed by atoms with Crippen molar-refractivity contribution in [1.29, 1.82) is 0 Å². The van der Waals surface area contributed by atoms with Gasteiger partial charge in [0.15, 0.2) is 0 Å². The van der Waals surface area contributed by atoms with Gasteiger partial charge in [0.2, 0.25) is 0 Å². The minimum atomic E-state index is -0.433. The van der Waals surface area contributed by atoms with E-state index < -0.39 is 6.67 Å². The molecular formula is C10H13FO. The summed E-state index contributed by atoms with van der Waals surface area (Å²) in [6, 6.07) is 3.58. The van der Waals surface area contributed by atoms with Crippen LogP contribution in [0, 0.1) is 13.8 Å². The maximum atomic E-state index is 12.3. The van der Waals surface area contributed by atoms with Crippen molar-refractivity contribution >= 4 is 0 Å². The molecule has 0 saturated carbocycles. The molecule has 0 bridgehead atoms. The van der Waals surface area contributed by atoms with E-state index in [0.717, 1.165) is 16.9 Å². The highest BCUT2D eigenvalue weighted by Crippen LogP contribution is 2.23. The third kappa shape index (κ3) is 1.58. The van der Waals surface area contributed by atoms with Crippen LogP contribution >= 0.6 is 0 Å². The number of hydrogen-bond acceptors (Lipinski definition) is 1. The molecule has 0 aliphatic heterocycles. The molecule has 0 fully saturated rings. The normalized spacial score (nSPS) is 10.0. The van der Waals surface area contributed by atoms with E-state index in [-0.39, 0.29) is 0 Å². The van der Waals surface area contributed by atoms with E-state index in [4.69, 9.17) is 4.74 Å². The van der Waals surface area contributed by atoms with Crippen molar-refractivity contribution < 1.29 is 9.13 Å². The first-order valence-corrected chi connectivity index (χ1v) is 3.89. The highest BCUT2D eigenvalue weighted by Gasteiger charge is 2.03. The van der Waals surface area contributed by atoms with Crippen LogP contribution in [0.5, 0.6) is 5.75 Å². The Morgan fingerprint density at radius 2 is 2.00 bits per heavy atom. The summed E-state index contributed by atoms with van der Waals surface area (Å²) < 4.78 is 17.4. The number of benzene rings is 1. The standard InChI is InChI=1S/C10H13FO/c1-7-4-9(6-11)5-10(12-3)8(7)2/h4-5H,6H2,1-3H3. The number of aryl methyl sites for hydroxylation is 1. The van der Waals surface area contributed by atoms with Gasteiger partial charge in [0.1, 0.15) is 12.4 Å². The lowest BCUT2D eigenvalue weighted by molar-refractivity contribution is 0.408. The van der Waals surface area contributed by atoms with E-state index in [2.05, 4.69) is 0 Å². The summed E-state index contributed by atoms with van der Waals surface area (Å²) in [5.41, 5.74) is 2.83. The maximum Gasteiger partial charge on any atom is 0.122 e. The molecule has 1 rings (SSSR count). The fourth-order valence-electron chi connectivity index (χ4n) is 1.19. The molecule has 0 N–H and O–H groups in total. The predicted molar refractivity (Wildman–Crippen MR) is 47.3 cm³/mol. The fraction of sp³-hybridized carbons (Fsp3) is 0.400. The molecule has 66 valence electrons. The van der Waals surface area contributed by atoms with Gasteiger partial charge >= 0.3 is 0 Å². The van der Waals surface area contributed by atoms with Gasteiger partial charge in [-0.3, -0.25) is 0 Å². The molecule has 1 aromatic carbocycles. The van der Waals surface area contributed by atoms with Crippen LogP contribution in [0.15, 0.2) is 12.1 Å². The summed E-state index contributed by atoms with van der Waals surface area (Å²) in [5, 5.41) is 0. The Balaban J connectivity index is 3.19. The van der Waals surface area contributed by atoms with E-state index in [1.54, 1.807) is 13.2 Å². The lowest BCUT2D eigenvalue weighted by Crippen LogP contribution is -1.92. The Morgan fingerprint density at radius 1 is 1.33 bits per heavy atom. The Hall–Kier alpha value is -1.05. The van der Waals surface area contributed by atoms with Gasteiger partial charge in [-0.25, -0.2) is 4.39 Å². The Labute approximate surface area is 72.2 Å². The molecule has 12 heavy (non-hydrogen) atoms. The monoisotopic (exact) mass is 168 g/mol. The Morgan fingerprint density at radius 3 is 2.50 bits per heavy atom. The SMILES string of the molecule is COc1cc(CF)cc(C)c1C. The van der Waals surface area contributed by atoms with Gasteiger partial charge in [-0.05, 0) is 36.6 Å². The highest BCUT2D eigenvalue weighted by atomic mass is 19.1. The second-order valence-corrected chi connectivity index (χ2v) is 2.87. The zero-order valence-corrected chi connectivity index (χ0v) is 7.65. The van der Waals surface area contributed by atoms with E-state index >= 15 is 0 Å². The summed E-state index contributed by atoms with van der Waals surface area (Å²) in [4.78, 5) is 0. The van der Waals surface area contributed by atoms with Crippen LogP contribution in [0.1, 0.15) is 16.7 Å². The fourth-order valence-corrected chi connectivity index (χ4v) is 1.19. The average Bonchev–Trinajstić information content (AvgIpc) is 2.09. The maximum absolute atomic E-state index is 12.3. The molecule has 0 amide bonds. The highest BCUT2D eigenvalue weighted by molar-refractivity contribution is 5.42. The molecule has 0 aliphatic rings. The van der Waals surface area contributed by atoms with Crippen molar-refractivity contribution in [3.8, 4) is 5.75 Å². The molecule has 0 atom stereocenters. The number of alkyl halides is 1. The summed E-state index contributed by atoms with van der Waals surface area (Å²) in [7, 11) is 1.60. The topological polar surface area (TPSA) is 9.23 Å². The van der Waals surface area contributed by atoms with Gasteiger partial charge in [-0.1, -0.05) is 6.07 Å². The number of methoxy groups -OCH3 is 1. The van der Waals surface area contributed by atoms with Gasteiger partial charge in [0, 0.05) is 0 Å². The average molecular weight is 168 g/mol. The minimum Gasteiger partial charge on any atom is -0.496 e. The van der Waals surface area contributed by atoms with Crippen LogP contribution in [0.25, 0.3) is 0 Å². The van der Waals surface area contributed by atoms with Crippen molar-refractivity contribution in [2.24, 2.45) is 0 Å². The van der Waals surface area contributed by atoms with Gasteiger partial charge in [-0.15, -0.1) is 0 Å². The summed E-state index contributed by atoms with van der Waals surface area (Å²) in [6.07, 6.45) is 0. The molecule has 0 heterocycles. The van der Waals surface area contributed by atoms with Crippen LogP contribution in [0.3, 0.4) is 0 Å². The van der Waals surface area contributed by atoms with Gasteiger partial charge in [0.25, 0.3) is 0 Å². The minimum absolute atomic E-state index is 0.433. The van der Waals surface area contributed by atoms with Crippen molar-refractivity contribution in [2.45, 2.75) is 20.5 Å². The number of rotatable bonds is 2. The third-order valence-corrected chi connectivity index (χ3v) is 2.05. The molecule has 0 spiro atoms. The molecule has 0 aromatic heterocycles. The molecule has 1 nitrogen and oxygen atoms in total. The first-order chi connectivity index (χ1) is 5.69. The van der Waals surface area contributed by atoms with E-state index in [0.29, 0.717) is 5.56 Å². The van der Waals surface area contributed by atoms with Crippen LogP contribution in [0.2, 0.25) is 0 Å². The lowest BCUT2D eigenvalue weighted by atomic mass is 10.1. The second kappa shape index (κ2) is 3.57. The van der Waals surface area contributed by atoms with Crippen LogP contribution in [-0.2, 0) is 6.67 Å². The Bertz CT molecular complexity index is 281. The summed E-state index contributed by atoms with van der Waals surface area (Å²) in [5.74, 6) is 0.766. The third-order valence-electron chi connectivity index (χ3n) is 2.05. The van der Waals surface area contributed by atoms with Crippen LogP contribution in [0.4, 0.5) is 4.39 Å². The smallest absolute Gasteiger partial charge is 0.122 e. The molecule has 0 radical (unpaired) electrons. The van der Waals surface area contributed by atoms with Crippen LogP contribution < -0.4 is 4.74 Å². The molecule has 0 unspecified atom stereocenters. The van der Waals surface area contributed by atoms with Gasteiger partial charge in [0.05, 0.1) is 7.11 Å². The number of hydrogen-bond donors (Lipinski definition) is 0. The Kier molecular flexibility index (Phi) is 2.69. The quantitative estimate of drug-likeness (QED) is 0.659. The van der Waals surface area contributed by atoms with E-state index in [1.807, 2.05) is 19.9 Å². The van der Waals surface area contributed by atoms with Crippen molar-refractivity contribution in [1.82, 2.24) is 0 Å². The predicted octanol–water partition coefficient (Wildman–Crippen LogP) is 2.78. The second-order valence-electron chi connectivity index (χ2n) is 2.87. The van der Waals surface area contributed by atoms with E-state index in [9.17, 15) is 4.39 Å². The molecule has 0 aliphatic carbocycles. The molecular weight excluding hydrogens is 155 g/mol. The van der Waals surface area contributed by atoms with Crippen molar-refractivity contribution in [3.63, 3.8) is 0 Å². The molecule has 1 aromatic rings. The molecule has 0 saturated heterocycles.